The van der Waals surface area contributed by atoms with Crippen LogP contribution in [0.5, 0.6) is 0 Å². The molecule has 1 fully saturated rings. The number of aromatic nitrogens is 2. The summed E-state index contributed by atoms with van der Waals surface area (Å²) in [4.78, 5) is 30.8. The number of hydrogen-bond acceptors (Lipinski definition) is 4. The highest BCUT2D eigenvalue weighted by Crippen LogP contribution is 2.22. The van der Waals surface area contributed by atoms with Crippen molar-refractivity contribution >= 4 is 5.91 Å². The summed E-state index contributed by atoms with van der Waals surface area (Å²) >= 11 is 0. The van der Waals surface area contributed by atoms with Crippen LogP contribution in [0.4, 0.5) is 0 Å². The first-order valence-corrected chi connectivity index (χ1v) is 9.23. The first-order valence-electron chi connectivity index (χ1n) is 9.23. The van der Waals surface area contributed by atoms with E-state index in [9.17, 15) is 9.59 Å². The Morgan fingerprint density at radius 1 is 1.28 bits per heavy atom. The second-order valence-corrected chi connectivity index (χ2v) is 8.22. The minimum atomic E-state index is -0.283. The van der Waals surface area contributed by atoms with Crippen LogP contribution < -0.4 is 11.0 Å². The summed E-state index contributed by atoms with van der Waals surface area (Å²) in [6, 6.07) is 1.97. The van der Waals surface area contributed by atoms with Crippen molar-refractivity contribution < 1.29 is 4.79 Å². The zero-order valence-corrected chi connectivity index (χ0v) is 16.3. The van der Waals surface area contributed by atoms with Gasteiger partial charge in [-0.3, -0.25) is 9.36 Å². The van der Waals surface area contributed by atoms with Gasteiger partial charge in [0, 0.05) is 36.9 Å². The zero-order chi connectivity index (χ0) is 18.6. The molecule has 1 N–H and O–H groups in total. The van der Waals surface area contributed by atoms with Crippen molar-refractivity contribution in [1.82, 2.24) is 19.8 Å². The zero-order valence-electron chi connectivity index (χ0n) is 16.3. The number of likely N-dealkylation sites (tertiary alicyclic amines) is 1. The van der Waals surface area contributed by atoms with Crippen molar-refractivity contribution in [2.75, 3.05) is 19.6 Å². The summed E-state index contributed by atoms with van der Waals surface area (Å²) in [6.45, 7) is 13.6. The van der Waals surface area contributed by atoms with E-state index in [1.54, 1.807) is 11.5 Å². The van der Waals surface area contributed by atoms with Crippen molar-refractivity contribution in [1.29, 1.82) is 0 Å². The molecule has 0 saturated carbocycles. The van der Waals surface area contributed by atoms with Gasteiger partial charge in [0.1, 0.15) is 0 Å². The summed E-state index contributed by atoms with van der Waals surface area (Å²) in [5, 5.41) is 3.19. The predicted molar refractivity (Wildman–Crippen MR) is 99.6 cm³/mol. The fourth-order valence-corrected chi connectivity index (χ4v) is 3.29. The summed E-state index contributed by atoms with van der Waals surface area (Å²) in [6.07, 6.45) is 2.78. The molecule has 2 rings (SSSR count). The Morgan fingerprint density at radius 3 is 2.48 bits per heavy atom. The highest BCUT2D eigenvalue weighted by atomic mass is 16.2. The second kappa shape index (κ2) is 8.13. The minimum absolute atomic E-state index is 0.00355. The smallest absolute Gasteiger partial charge is 0.347 e. The van der Waals surface area contributed by atoms with E-state index >= 15 is 0 Å². The standard InChI is InChI=1S/C19H32N4O2/c1-14-12-15(2)23(18(25)20-14)11-8-17(24)21-16(19(3,4)5)13-22-9-6-7-10-22/h12,16H,6-11,13H2,1-5H3,(H,21,24). The molecule has 1 aromatic heterocycles. The average molecular weight is 348 g/mol. The molecule has 2 heterocycles. The SMILES string of the molecule is Cc1cc(C)n(CCC(=O)NC(CN2CCCC2)C(C)(C)C)c(=O)n1. The van der Waals surface area contributed by atoms with E-state index in [-0.39, 0.29) is 29.5 Å². The van der Waals surface area contributed by atoms with E-state index in [0.29, 0.717) is 12.2 Å². The van der Waals surface area contributed by atoms with Gasteiger partial charge >= 0.3 is 5.69 Å². The Morgan fingerprint density at radius 2 is 1.92 bits per heavy atom. The van der Waals surface area contributed by atoms with E-state index < -0.39 is 0 Å². The summed E-state index contributed by atoms with van der Waals surface area (Å²) in [5.41, 5.74) is 1.27. The topological polar surface area (TPSA) is 67.2 Å². The first-order chi connectivity index (χ1) is 11.7. The lowest BCUT2D eigenvalue weighted by atomic mass is 9.86. The maximum atomic E-state index is 12.5. The van der Waals surface area contributed by atoms with Gasteiger partial charge in [-0.15, -0.1) is 0 Å². The quantitative estimate of drug-likeness (QED) is 0.852. The summed E-state index contributed by atoms with van der Waals surface area (Å²) in [7, 11) is 0. The van der Waals surface area contributed by atoms with Crippen LogP contribution in [0, 0.1) is 19.3 Å². The van der Waals surface area contributed by atoms with Gasteiger partial charge in [0.05, 0.1) is 0 Å². The molecule has 25 heavy (non-hydrogen) atoms. The van der Waals surface area contributed by atoms with E-state index in [0.717, 1.165) is 25.3 Å². The number of amides is 1. The molecular formula is C19H32N4O2. The van der Waals surface area contributed by atoms with Crippen LogP contribution in [0.15, 0.2) is 10.9 Å². The van der Waals surface area contributed by atoms with Crippen LogP contribution in [-0.4, -0.2) is 46.0 Å². The Bertz CT molecular complexity index is 654. The monoisotopic (exact) mass is 348 g/mol. The Labute approximate surface area is 150 Å². The maximum absolute atomic E-state index is 12.5. The number of carbonyl (C=O) groups is 1. The molecule has 1 aliphatic heterocycles. The molecule has 1 amide bonds. The van der Waals surface area contributed by atoms with Crippen LogP contribution in [0.25, 0.3) is 0 Å². The Hall–Kier alpha value is -1.69. The third kappa shape index (κ3) is 5.66. The number of carbonyl (C=O) groups excluding carboxylic acids is 1. The molecular weight excluding hydrogens is 316 g/mol. The molecule has 1 aliphatic rings. The molecule has 1 unspecified atom stereocenters. The van der Waals surface area contributed by atoms with Crippen LogP contribution in [0.3, 0.4) is 0 Å². The molecule has 0 aliphatic carbocycles. The molecule has 0 aromatic carbocycles. The average Bonchev–Trinajstić information content (AvgIpc) is 2.97. The number of nitrogens with zero attached hydrogens (tertiary/aromatic N) is 3. The highest BCUT2D eigenvalue weighted by molar-refractivity contribution is 5.76. The van der Waals surface area contributed by atoms with Gasteiger partial charge in [0.25, 0.3) is 0 Å². The number of nitrogens with one attached hydrogen (secondary N) is 1. The van der Waals surface area contributed by atoms with Gasteiger partial charge in [-0.25, -0.2) is 4.79 Å². The number of rotatable bonds is 6. The molecule has 1 atom stereocenters. The van der Waals surface area contributed by atoms with Crippen LogP contribution in [0.1, 0.15) is 51.4 Å². The fourth-order valence-electron chi connectivity index (χ4n) is 3.29. The van der Waals surface area contributed by atoms with E-state index in [2.05, 4.69) is 36.0 Å². The van der Waals surface area contributed by atoms with Crippen LogP contribution >= 0.6 is 0 Å². The highest BCUT2D eigenvalue weighted by Gasteiger charge is 2.29. The molecule has 140 valence electrons. The van der Waals surface area contributed by atoms with Crippen LogP contribution in [-0.2, 0) is 11.3 Å². The molecule has 1 aromatic rings. The lowest BCUT2D eigenvalue weighted by molar-refractivity contribution is -0.123. The largest absolute Gasteiger partial charge is 0.351 e. The van der Waals surface area contributed by atoms with Gasteiger partial charge in [0.15, 0.2) is 0 Å². The van der Waals surface area contributed by atoms with Crippen molar-refractivity contribution in [3.05, 3.63) is 27.9 Å². The van der Waals surface area contributed by atoms with Gasteiger partial charge < -0.3 is 10.2 Å². The number of aryl methyl sites for hydroxylation is 2. The van der Waals surface area contributed by atoms with Gasteiger partial charge in [0.2, 0.25) is 5.91 Å². The molecule has 6 nitrogen and oxygen atoms in total. The third-order valence-electron chi connectivity index (χ3n) is 4.93. The van der Waals surface area contributed by atoms with Crippen molar-refractivity contribution in [2.24, 2.45) is 5.41 Å². The Kier molecular flexibility index (Phi) is 6.38. The third-order valence-corrected chi connectivity index (χ3v) is 4.93. The molecule has 0 radical (unpaired) electrons. The molecule has 0 bridgehead atoms. The van der Waals surface area contributed by atoms with Crippen molar-refractivity contribution in [3.8, 4) is 0 Å². The normalized spacial score (nSPS) is 16.8. The first kappa shape index (κ1) is 19.6. The van der Waals surface area contributed by atoms with Gasteiger partial charge in [-0.05, 0) is 51.3 Å². The fraction of sp³-hybridized carbons (Fsp3) is 0.737. The lowest BCUT2D eigenvalue weighted by Gasteiger charge is -2.34. The molecule has 6 heteroatoms. The second-order valence-electron chi connectivity index (χ2n) is 8.22. The van der Waals surface area contributed by atoms with Gasteiger partial charge in [-0.1, -0.05) is 20.8 Å². The van der Waals surface area contributed by atoms with Crippen molar-refractivity contribution in [2.45, 2.75) is 66.5 Å². The van der Waals surface area contributed by atoms with E-state index in [1.165, 1.54) is 12.8 Å². The molecule has 1 saturated heterocycles. The molecule has 0 spiro atoms. The lowest BCUT2D eigenvalue weighted by Crippen LogP contribution is -2.50. The van der Waals surface area contributed by atoms with E-state index in [4.69, 9.17) is 0 Å². The summed E-state index contributed by atoms with van der Waals surface area (Å²) < 4.78 is 1.57. The van der Waals surface area contributed by atoms with E-state index in [1.807, 2.05) is 13.0 Å². The Balaban J connectivity index is 1.96. The maximum Gasteiger partial charge on any atom is 0.347 e. The number of hydrogen-bond donors (Lipinski definition) is 1. The van der Waals surface area contributed by atoms with Gasteiger partial charge in [-0.2, -0.15) is 4.98 Å². The summed E-state index contributed by atoms with van der Waals surface area (Å²) in [5.74, 6) is -0.00834. The minimum Gasteiger partial charge on any atom is -0.351 e. The predicted octanol–water partition coefficient (Wildman–Crippen LogP) is 1.88. The van der Waals surface area contributed by atoms with Crippen LogP contribution in [0.2, 0.25) is 0 Å². The van der Waals surface area contributed by atoms with Crippen molar-refractivity contribution in [3.63, 3.8) is 0 Å².